The van der Waals surface area contributed by atoms with Gasteiger partial charge in [0, 0.05) is 26.4 Å². The van der Waals surface area contributed by atoms with Crippen LogP contribution in [0.1, 0.15) is 12.5 Å². The number of nitrogens with zero attached hydrogens (tertiary/aromatic N) is 2. The summed E-state index contributed by atoms with van der Waals surface area (Å²) in [7, 11) is 3.72. The maximum atomic E-state index is 6.04. The van der Waals surface area contributed by atoms with Gasteiger partial charge in [0.1, 0.15) is 12.4 Å². The van der Waals surface area contributed by atoms with E-state index >= 15 is 0 Å². The van der Waals surface area contributed by atoms with Crippen molar-refractivity contribution in [2.24, 2.45) is 5.73 Å². The lowest BCUT2D eigenvalue weighted by Crippen LogP contribution is -2.40. The van der Waals surface area contributed by atoms with Gasteiger partial charge in [-0.25, -0.2) is 0 Å². The van der Waals surface area contributed by atoms with Crippen molar-refractivity contribution in [1.29, 1.82) is 0 Å². The number of ether oxygens (including phenoxy) is 2. The van der Waals surface area contributed by atoms with Crippen molar-refractivity contribution in [2.45, 2.75) is 19.4 Å². The highest BCUT2D eigenvalue weighted by Crippen LogP contribution is 2.11. The van der Waals surface area contributed by atoms with Gasteiger partial charge in [-0.2, -0.15) is 0 Å². The molecule has 0 aliphatic heterocycles. The molecule has 0 spiro atoms. The molecular weight excluding hydrogens is 242 g/mol. The zero-order valence-corrected chi connectivity index (χ0v) is 12.1. The number of aromatic nitrogens is 1. The van der Waals surface area contributed by atoms with Crippen molar-refractivity contribution < 1.29 is 9.47 Å². The summed E-state index contributed by atoms with van der Waals surface area (Å²) in [6, 6.07) is 1.99. The van der Waals surface area contributed by atoms with Crippen molar-refractivity contribution in [3.05, 3.63) is 24.0 Å². The van der Waals surface area contributed by atoms with Gasteiger partial charge in [0.15, 0.2) is 0 Å². The lowest BCUT2D eigenvalue weighted by atomic mass is 10.2. The summed E-state index contributed by atoms with van der Waals surface area (Å²) in [5.74, 6) is 0.786. The van der Waals surface area contributed by atoms with Crippen LogP contribution in [0.15, 0.2) is 18.5 Å². The van der Waals surface area contributed by atoms with Crippen LogP contribution in [-0.4, -0.2) is 56.4 Å². The molecule has 1 rings (SSSR count). The molecule has 1 atom stereocenters. The third-order valence-electron chi connectivity index (χ3n) is 2.87. The molecule has 108 valence electrons. The second-order valence-electron chi connectivity index (χ2n) is 4.71. The summed E-state index contributed by atoms with van der Waals surface area (Å²) in [4.78, 5) is 6.28. The minimum Gasteiger partial charge on any atom is -0.490 e. The number of methoxy groups -OCH3 is 1. The molecule has 5 nitrogen and oxygen atoms in total. The topological polar surface area (TPSA) is 60.6 Å². The molecule has 0 fully saturated rings. The van der Waals surface area contributed by atoms with Crippen molar-refractivity contribution in [3.8, 4) is 5.75 Å². The Morgan fingerprint density at radius 3 is 2.89 bits per heavy atom. The van der Waals surface area contributed by atoms with Crippen molar-refractivity contribution in [1.82, 2.24) is 9.88 Å². The fraction of sp³-hybridized carbons (Fsp3) is 0.643. The van der Waals surface area contributed by atoms with Crippen molar-refractivity contribution >= 4 is 0 Å². The molecule has 0 aliphatic carbocycles. The smallest absolute Gasteiger partial charge is 0.137 e. The highest BCUT2D eigenvalue weighted by molar-refractivity contribution is 5.23. The number of aryl methyl sites for hydroxylation is 1. The van der Waals surface area contributed by atoms with Gasteiger partial charge in [-0.3, -0.25) is 4.98 Å². The van der Waals surface area contributed by atoms with Crippen LogP contribution in [0.25, 0.3) is 0 Å². The number of pyridine rings is 1. The average molecular weight is 267 g/mol. The molecule has 0 saturated carbocycles. The van der Waals surface area contributed by atoms with Crippen LogP contribution in [0.4, 0.5) is 0 Å². The standard InChI is InChI=1S/C14H25N3O2/c1-4-12-7-14(9-16-8-12)19-11-13(15)10-17(2)5-6-18-3/h7-9,13H,4-6,10-11,15H2,1-3H3/t13-/m0/s1. The Morgan fingerprint density at radius 1 is 1.42 bits per heavy atom. The van der Waals surface area contributed by atoms with Crippen LogP contribution < -0.4 is 10.5 Å². The monoisotopic (exact) mass is 267 g/mol. The molecule has 0 saturated heterocycles. The lowest BCUT2D eigenvalue weighted by molar-refractivity contribution is 0.152. The maximum absolute atomic E-state index is 6.04. The van der Waals surface area contributed by atoms with E-state index in [1.54, 1.807) is 13.3 Å². The minimum absolute atomic E-state index is 0.0212. The Kier molecular flexibility index (Phi) is 7.40. The Bertz CT molecular complexity index is 360. The van der Waals surface area contributed by atoms with E-state index in [0.29, 0.717) is 13.2 Å². The van der Waals surface area contributed by atoms with Crippen LogP contribution in [0.3, 0.4) is 0 Å². The van der Waals surface area contributed by atoms with Crippen LogP contribution in [0.2, 0.25) is 0 Å². The van der Waals surface area contributed by atoms with E-state index in [-0.39, 0.29) is 6.04 Å². The highest BCUT2D eigenvalue weighted by Gasteiger charge is 2.08. The molecule has 1 aromatic heterocycles. The predicted octanol–water partition coefficient (Wildman–Crippen LogP) is 0.928. The zero-order chi connectivity index (χ0) is 14.1. The van der Waals surface area contributed by atoms with Crippen LogP contribution >= 0.6 is 0 Å². The second kappa shape index (κ2) is 8.85. The van der Waals surface area contributed by atoms with E-state index in [1.807, 2.05) is 19.3 Å². The van der Waals surface area contributed by atoms with Crippen LogP contribution in [-0.2, 0) is 11.2 Å². The molecule has 5 heteroatoms. The molecule has 1 heterocycles. The summed E-state index contributed by atoms with van der Waals surface area (Å²) < 4.78 is 10.7. The SMILES string of the molecule is CCc1cncc(OC[C@@H](N)CN(C)CCOC)c1. The number of hydrogen-bond acceptors (Lipinski definition) is 5. The average Bonchev–Trinajstić information content (AvgIpc) is 2.43. The van der Waals surface area contributed by atoms with E-state index in [2.05, 4.69) is 16.8 Å². The summed E-state index contributed by atoms with van der Waals surface area (Å²) in [5.41, 5.74) is 7.21. The van der Waals surface area contributed by atoms with E-state index < -0.39 is 0 Å². The van der Waals surface area contributed by atoms with Gasteiger partial charge in [-0.15, -0.1) is 0 Å². The number of hydrogen-bond donors (Lipinski definition) is 1. The van der Waals surface area contributed by atoms with Gasteiger partial charge >= 0.3 is 0 Å². The zero-order valence-electron chi connectivity index (χ0n) is 12.1. The van der Waals surface area contributed by atoms with E-state index in [4.69, 9.17) is 15.2 Å². The number of rotatable bonds is 9. The van der Waals surface area contributed by atoms with Gasteiger partial charge in [0.25, 0.3) is 0 Å². The lowest BCUT2D eigenvalue weighted by Gasteiger charge is -2.21. The molecule has 2 N–H and O–H groups in total. The molecule has 0 unspecified atom stereocenters. The summed E-state index contributed by atoms with van der Waals surface area (Å²) >= 11 is 0. The quantitative estimate of drug-likeness (QED) is 0.721. The third-order valence-corrected chi connectivity index (χ3v) is 2.87. The Morgan fingerprint density at radius 2 is 2.21 bits per heavy atom. The van der Waals surface area contributed by atoms with Gasteiger partial charge in [0.2, 0.25) is 0 Å². The van der Waals surface area contributed by atoms with E-state index in [9.17, 15) is 0 Å². The molecule has 0 radical (unpaired) electrons. The number of nitrogens with two attached hydrogens (primary N) is 1. The maximum Gasteiger partial charge on any atom is 0.137 e. The largest absolute Gasteiger partial charge is 0.490 e. The predicted molar refractivity (Wildman–Crippen MR) is 76.5 cm³/mol. The minimum atomic E-state index is -0.0212. The molecule has 0 aliphatic rings. The molecule has 0 amide bonds. The van der Waals surface area contributed by atoms with Crippen molar-refractivity contribution in [2.75, 3.05) is 40.5 Å². The van der Waals surface area contributed by atoms with Gasteiger partial charge in [-0.05, 0) is 25.1 Å². The Balaban J connectivity index is 2.30. The summed E-state index contributed by atoms with van der Waals surface area (Å²) in [5, 5.41) is 0. The van der Waals surface area contributed by atoms with E-state index in [1.165, 1.54) is 5.56 Å². The van der Waals surface area contributed by atoms with Gasteiger partial charge < -0.3 is 20.1 Å². The first-order chi connectivity index (χ1) is 9.15. The fourth-order valence-electron chi connectivity index (χ4n) is 1.73. The van der Waals surface area contributed by atoms with Crippen LogP contribution in [0.5, 0.6) is 5.75 Å². The highest BCUT2D eigenvalue weighted by atomic mass is 16.5. The molecular formula is C14H25N3O2. The van der Waals surface area contributed by atoms with Gasteiger partial charge in [-0.1, -0.05) is 6.92 Å². The second-order valence-corrected chi connectivity index (χ2v) is 4.71. The fourth-order valence-corrected chi connectivity index (χ4v) is 1.73. The summed E-state index contributed by atoms with van der Waals surface area (Å²) in [6.07, 6.45) is 4.53. The number of likely N-dealkylation sites (N-methyl/N-ethyl adjacent to an activating group) is 1. The van der Waals surface area contributed by atoms with Crippen LogP contribution in [0, 0.1) is 0 Å². The first-order valence-electron chi connectivity index (χ1n) is 6.65. The molecule has 0 bridgehead atoms. The van der Waals surface area contributed by atoms with Gasteiger partial charge in [0.05, 0.1) is 18.8 Å². The van der Waals surface area contributed by atoms with Crippen molar-refractivity contribution in [3.63, 3.8) is 0 Å². The normalized spacial score (nSPS) is 12.7. The third kappa shape index (κ3) is 6.52. The molecule has 1 aromatic rings. The molecule has 0 aromatic carbocycles. The Hall–Kier alpha value is -1.17. The first-order valence-corrected chi connectivity index (χ1v) is 6.65. The Labute approximate surface area is 115 Å². The van der Waals surface area contributed by atoms with E-state index in [0.717, 1.165) is 25.3 Å². The first kappa shape index (κ1) is 15.9. The molecule has 19 heavy (non-hydrogen) atoms. The summed E-state index contributed by atoms with van der Waals surface area (Å²) in [6.45, 7) is 4.96.